The van der Waals surface area contributed by atoms with E-state index in [1.807, 2.05) is 23.1 Å². The van der Waals surface area contributed by atoms with Crippen LogP contribution in [0.2, 0.25) is 0 Å². The Morgan fingerprint density at radius 3 is 2.77 bits per heavy atom. The van der Waals surface area contributed by atoms with Crippen molar-refractivity contribution in [2.75, 3.05) is 39.8 Å². The van der Waals surface area contributed by atoms with Gasteiger partial charge in [0.25, 0.3) is 0 Å². The smallest absolute Gasteiger partial charge is 0.191 e. The summed E-state index contributed by atoms with van der Waals surface area (Å²) in [5.74, 6) is 0.909. The number of rotatable bonds is 11. The number of hydrogen-bond donors (Lipinski definition) is 2. The third kappa shape index (κ3) is 8.67. The average Bonchev–Trinajstić information content (AvgIpc) is 3.02. The standard InChI is InChI=1S/C16H32N6/c1-4-6-12-21(3)15-11-19-16(17-5-2)18-9-7-13-22-14-8-10-20-22/h8,10,14H,4-7,9,11-13,15H2,1-3H3,(H2,17,18,19). The molecule has 1 heterocycles. The number of nitrogens with zero attached hydrogens (tertiary/aromatic N) is 4. The molecule has 6 heteroatoms. The Labute approximate surface area is 135 Å². The van der Waals surface area contributed by atoms with Crippen LogP contribution in [0.15, 0.2) is 23.5 Å². The predicted molar refractivity (Wildman–Crippen MR) is 93.2 cm³/mol. The molecule has 2 N–H and O–H groups in total. The van der Waals surface area contributed by atoms with Crippen LogP contribution in [0.1, 0.15) is 33.1 Å². The molecule has 6 nitrogen and oxygen atoms in total. The molecule has 0 aromatic carbocycles. The van der Waals surface area contributed by atoms with Crippen molar-refractivity contribution in [1.82, 2.24) is 25.3 Å². The van der Waals surface area contributed by atoms with E-state index in [0.717, 1.165) is 51.6 Å². The Hall–Kier alpha value is -1.56. The van der Waals surface area contributed by atoms with Crippen molar-refractivity contribution in [3.63, 3.8) is 0 Å². The SMILES string of the molecule is CCCCN(C)CCNC(=NCCCn1cccn1)NCC. The fourth-order valence-electron chi connectivity index (χ4n) is 2.10. The number of nitrogens with one attached hydrogen (secondary N) is 2. The van der Waals surface area contributed by atoms with Gasteiger partial charge in [-0.25, -0.2) is 0 Å². The van der Waals surface area contributed by atoms with Crippen molar-refractivity contribution in [2.45, 2.75) is 39.7 Å². The van der Waals surface area contributed by atoms with Crippen LogP contribution in [-0.4, -0.2) is 60.4 Å². The van der Waals surface area contributed by atoms with E-state index in [4.69, 9.17) is 0 Å². The second kappa shape index (κ2) is 12.0. The molecule has 0 aliphatic rings. The minimum atomic E-state index is 0.806. The zero-order valence-corrected chi connectivity index (χ0v) is 14.4. The van der Waals surface area contributed by atoms with Gasteiger partial charge in [0.2, 0.25) is 0 Å². The van der Waals surface area contributed by atoms with Gasteiger partial charge in [-0.2, -0.15) is 5.10 Å². The molecule has 1 aromatic heterocycles. The second-order valence-electron chi connectivity index (χ2n) is 5.47. The summed E-state index contributed by atoms with van der Waals surface area (Å²) < 4.78 is 1.94. The summed E-state index contributed by atoms with van der Waals surface area (Å²) in [4.78, 5) is 6.97. The highest BCUT2D eigenvalue weighted by atomic mass is 15.3. The Kier molecular flexibility index (Phi) is 10.1. The fourth-order valence-corrected chi connectivity index (χ4v) is 2.10. The number of aryl methyl sites for hydroxylation is 1. The van der Waals surface area contributed by atoms with E-state index in [9.17, 15) is 0 Å². The first kappa shape index (κ1) is 18.5. The highest BCUT2D eigenvalue weighted by Crippen LogP contribution is 1.91. The van der Waals surface area contributed by atoms with E-state index in [-0.39, 0.29) is 0 Å². The van der Waals surface area contributed by atoms with Gasteiger partial charge in [0, 0.05) is 45.1 Å². The number of hydrogen-bond acceptors (Lipinski definition) is 3. The summed E-state index contributed by atoms with van der Waals surface area (Å²) in [6.45, 7) is 10.0. The van der Waals surface area contributed by atoms with Gasteiger partial charge in [-0.05, 0) is 39.4 Å². The van der Waals surface area contributed by atoms with Crippen LogP contribution >= 0.6 is 0 Å². The molecule has 0 unspecified atom stereocenters. The molecule has 1 rings (SSSR count). The van der Waals surface area contributed by atoms with E-state index >= 15 is 0 Å². The summed E-state index contributed by atoms with van der Waals surface area (Å²) in [7, 11) is 2.17. The molecule has 0 amide bonds. The van der Waals surface area contributed by atoms with Crippen molar-refractivity contribution < 1.29 is 0 Å². The normalized spacial score (nSPS) is 11.9. The monoisotopic (exact) mass is 308 g/mol. The average molecular weight is 308 g/mol. The number of guanidine groups is 1. The van der Waals surface area contributed by atoms with E-state index in [1.165, 1.54) is 12.8 Å². The van der Waals surface area contributed by atoms with E-state index in [0.29, 0.717) is 0 Å². The highest BCUT2D eigenvalue weighted by molar-refractivity contribution is 5.79. The largest absolute Gasteiger partial charge is 0.357 e. The molecule has 0 spiro atoms. The molecule has 0 saturated carbocycles. The zero-order valence-electron chi connectivity index (χ0n) is 14.4. The van der Waals surface area contributed by atoms with Gasteiger partial charge in [-0.15, -0.1) is 0 Å². The van der Waals surface area contributed by atoms with E-state index in [1.54, 1.807) is 0 Å². The van der Waals surface area contributed by atoms with Crippen LogP contribution in [0, 0.1) is 0 Å². The van der Waals surface area contributed by atoms with Crippen molar-refractivity contribution in [1.29, 1.82) is 0 Å². The molecule has 0 aliphatic carbocycles. The lowest BCUT2D eigenvalue weighted by molar-refractivity contribution is 0.332. The maximum Gasteiger partial charge on any atom is 0.191 e. The predicted octanol–water partition coefficient (Wildman–Crippen LogP) is 1.56. The Morgan fingerprint density at radius 2 is 2.09 bits per heavy atom. The maximum absolute atomic E-state index is 4.61. The lowest BCUT2D eigenvalue weighted by atomic mass is 10.3. The number of unbranched alkanes of at least 4 members (excludes halogenated alkanes) is 1. The van der Waals surface area contributed by atoms with Crippen LogP contribution < -0.4 is 10.6 Å². The Balaban J connectivity index is 2.20. The van der Waals surface area contributed by atoms with Gasteiger partial charge in [0.1, 0.15) is 0 Å². The summed E-state index contributed by atoms with van der Waals surface area (Å²) in [6.07, 6.45) is 7.30. The van der Waals surface area contributed by atoms with Gasteiger partial charge in [-0.3, -0.25) is 9.67 Å². The van der Waals surface area contributed by atoms with Crippen LogP contribution in [0.5, 0.6) is 0 Å². The van der Waals surface area contributed by atoms with Gasteiger partial charge in [-0.1, -0.05) is 13.3 Å². The zero-order chi connectivity index (χ0) is 16.0. The lowest BCUT2D eigenvalue weighted by Gasteiger charge is -2.17. The molecular weight excluding hydrogens is 276 g/mol. The summed E-state index contributed by atoms with van der Waals surface area (Å²) in [5, 5.41) is 10.9. The van der Waals surface area contributed by atoms with Crippen molar-refractivity contribution in [3.8, 4) is 0 Å². The minimum Gasteiger partial charge on any atom is -0.357 e. The summed E-state index contributed by atoms with van der Waals surface area (Å²) >= 11 is 0. The van der Waals surface area contributed by atoms with Gasteiger partial charge in [0.05, 0.1) is 0 Å². The Morgan fingerprint density at radius 1 is 1.23 bits per heavy atom. The maximum atomic E-state index is 4.61. The topological polar surface area (TPSA) is 57.5 Å². The second-order valence-corrected chi connectivity index (χ2v) is 5.47. The molecule has 0 bridgehead atoms. The molecular formula is C16H32N6. The molecule has 0 aliphatic heterocycles. The molecule has 0 radical (unpaired) electrons. The molecule has 126 valence electrons. The fraction of sp³-hybridized carbons (Fsp3) is 0.750. The van der Waals surface area contributed by atoms with Gasteiger partial charge in [0.15, 0.2) is 5.96 Å². The minimum absolute atomic E-state index is 0.806. The first-order valence-corrected chi connectivity index (χ1v) is 8.44. The van der Waals surface area contributed by atoms with Gasteiger partial charge < -0.3 is 15.5 Å². The van der Waals surface area contributed by atoms with E-state index < -0.39 is 0 Å². The summed E-state index contributed by atoms with van der Waals surface area (Å²) in [6, 6.07) is 1.95. The van der Waals surface area contributed by atoms with Crippen LogP contribution in [-0.2, 0) is 6.54 Å². The van der Waals surface area contributed by atoms with Crippen molar-refractivity contribution >= 4 is 5.96 Å². The molecule has 0 fully saturated rings. The summed E-state index contributed by atoms with van der Waals surface area (Å²) in [5.41, 5.74) is 0. The first-order chi connectivity index (χ1) is 10.8. The van der Waals surface area contributed by atoms with Crippen molar-refractivity contribution in [2.24, 2.45) is 4.99 Å². The molecule has 0 saturated heterocycles. The molecule has 22 heavy (non-hydrogen) atoms. The van der Waals surface area contributed by atoms with Crippen LogP contribution in [0.25, 0.3) is 0 Å². The van der Waals surface area contributed by atoms with Crippen LogP contribution in [0.3, 0.4) is 0 Å². The lowest BCUT2D eigenvalue weighted by Crippen LogP contribution is -2.41. The third-order valence-corrected chi connectivity index (χ3v) is 3.40. The molecule has 1 aromatic rings. The third-order valence-electron chi connectivity index (χ3n) is 3.40. The highest BCUT2D eigenvalue weighted by Gasteiger charge is 2.00. The number of likely N-dealkylation sites (N-methyl/N-ethyl adjacent to an activating group) is 1. The molecule has 0 atom stereocenters. The van der Waals surface area contributed by atoms with Crippen LogP contribution in [0.4, 0.5) is 0 Å². The Bertz CT molecular complexity index is 387. The number of aromatic nitrogens is 2. The van der Waals surface area contributed by atoms with Crippen molar-refractivity contribution in [3.05, 3.63) is 18.5 Å². The van der Waals surface area contributed by atoms with Gasteiger partial charge >= 0.3 is 0 Å². The van der Waals surface area contributed by atoms with E-state index in [2.05, 4.69) is 46.5 Å². The first-order valence-electron chi connectivity index (χ1n) is 8.44. The quantitative estimate of drug-likeness (QED) is 0.370. The number of aliphatic imine (C=N–C) groups is 1.